The van der Waals surface area contributed by atoms with E-state index in [1.54, 1.807) is 10.7 Å². The van der Waals surface area contributed by atoms with Crippen LogP contribution in [0.15, 0.2) is 28.9 Å². The van der Waals surface area contributed by atoms with Crippen molar-refractivity contribution in [3.8, 4) is 0 Å². The molecule has 0 saturated carbocycles. The van der Waals surface area contributed by atoms with Crippen molar-refractivity contribution in [3.63, 3.8) is 0 Å². The van der Waals surface area contributed by atoms with Gasteiger partial charge in [0.15, 0.2) is 5.22 Å². The van der Waals surface area contributed by atoms with Crippen molar-refractivity contribution in [1.29, 1.82) is 0 Å². The Bertz CT molecular complexity index is 492. The summed E-state index contributed by atoms with van der Waals surface area (Å²) in [5.74, 6) is 0.873. The highest BCUT2D eigenvalue weighted by atomic mass is 35.5. The number of nitrogens with zero attached hydrogens (tertiary/aromatic N) is 2. The van der Waals surface area contributed by atoms with Gasteiger partial charge < -0.3 is 9.73 Å². The Morgan fingerprint density at radius 3 is 2.89 bits per heavy atom. The molecule has 2 rings (SSSR count). The highest BCUT2D eigenvalue weighted by Gasteiger charge is 2.16. The Kier molecular flexibility index (Phi) is 4.44. The van der Waals surface area contributed by atoms with E-state index in [2.05, 4.69) is 17.3 Å². The van der Waals surface area contributed by atoms with Crippen LogP contribution in [0.3, 0.4) is 0 Å². The molecule has 2 aromatic heterocycles. The first-order chi connectivity index (χ1) is 8.69. The lowest BCUT2D eigenvalue weighted by Gasteiger charge is -2.15. The topological polar surface area (TPSA) is 43.0 Å². The van der Waals surface area contributed by atoms with Crippen molar-refractivity contribution in [2.24, 2.45) is 7.05 Å². The molecule has 1 N–H and O–H groups in total. The number of halogens is 1. The van der Waals surface area contributed by atoms with E-state index in [-0.39, 0.29) is 6.04 Å². The van der Waals surface area contributed by atoms with E-state index in [9.17, 15) is 0 Å². The van der Waals surface area contributed by atoms with E-state index < -0.39 is 0 Å². The molecule has 0 radical (unpaired) electrons. The van der Waals surface area contributed by atoms with Crippen molar-refractivity contribution >= 4 is 11.6 Å². The lowest BCUT2D eigenvalue weighted by molar-refractivity contribution is 0.411. The Hall–Kier alpha value is -1.26. The summed E-state index contributed by atoms with van der Waals surface area (Å²) in [7, 11) is 1.92. The molecule has 0 fully saturated rings. The molecular weight excluding hydrogens is 250 g/mol. The fourth-order valence-corrected chi connectivity index (χ4v) is 2.07. The van der Waals surface area contributed by atoms with Crippen molar-refractivity contribution < 1.29 is 4.42 Å². The van der Waals surface area contributed by atoms with Crippen LogP contribution in [0, 0.1) is 0 Å². The van der Waals surface area contributed by atoms with Crippen molar-refractivity contribution in [1.82, 2.24) is 15.1 Å². The number of furan rings is 1. The number of aromatic nitrogens is 2. The zero-order chi connectivity index (χ0) is 13.0. The van der Waals surface area contributed by atoms with Gasteiger partial charge in [0.2, 0.25) is 0 Å². The second-order valence-corrected chi connectivity index (χ2v) is 4.75. The molecule has 0 aliphatic rings. The first kappa shape index (κ1) is 13.2. The van der Waals surface area contributed by atoms with E-state index in [0.29, 0.717) is 5.22 Å². The molecule has 4 nitrogen and oxygen atoms in total. The molecule has 0 saturated heterocycles. The third-order valence-corrected chi connectivity index (χ3v) is 2.98. The normalized spacial score (nSPS) is 12.8. The van der Waals surface area contributed by atoms with Crippen LogP contribution >= 0.6 is 11.6 Å². The smallest absolute Gasteiger partial charge is 0.193 e. The monoisotopic (exact) mass is 267 g/mol. The molecule has 0 amide bonds. The summed E-state index contributed by atoms with van der Waals surface area (Å²) in [4.78, 5) is 0. The summed E-state index contributed by atoms with van der Waals surface area (Å²) in [5.41, 5.74) is 1.18. The SMILES string of the molecule is CCCNC(Cc1cnn(C)c1)c1ccc(Cl)o1. The van der Waals surface area contributed by atoms with Gasteiger partial charge in [-0.15, -0.1) is 0 Å². The van der Waals surface area contributed by atoms with Gasteiger partial charge in [-0.25, -0.2) is 0 Å². The molecule has 0 aliphatic heterocycles. The maximum Gasteiger partial charge on any atom is 0.193 e. The van der Waals surface area contributed by atoms with Gasteiger partial charge in [0, 0.05) is 13.2 Å². The van der Waals surface area contributed by atoms with Gasteiger partial charge in [-0.05, 0) is 48.7 Å². The van der Waals surface area contributed by atoms with Crippen LogP contribution in [0.4, 0.5) is 0 Å². The Morgan fingerprint density at radius 1 is 1.50 bits per heavy atom. The van der Waals surface area contributed by atoms with Gasteiger partial charge in [-0.2, -0.15) is 5.10 Å². The average Bonchev–Trinajstić information content (AvgIpc) is 2.93. The molecule has 0 aromatic carbocycles. The minimum atomic E-state index is 0.140. The quantitative estimate of drug-likeness (QED) is 0.875. The standard InChI is InChI=1S/C13H18ClN3O/c1-3-6-15-11(12-4-5-13(14)18-12)7-10-8-16-17(2)9-10/h4-5,8-9,11,15H,3,6-7H2,1-2H3. The lowest BCUT2D eigenvalue weighted by Crippen LogP contribution is -2.23. The van der Waals surface area contributed by atoms with Gasteiger partial charge in [0.05, 0.1) is 12.2 Å². The first-order valence-corrected chi connectivity index (χ1v) is 6.53. The molecule has 0 spiro atoms. The second-order valence-electron chi connectivity index (χ2n) is 4.37. The van der Waals surface area contributed by atoms with Crippen molar-refractivity contribution in [2.75, 3.05) is 6.54 Å². The molecule has 2 heterocycles. The number of hydrogen-bond donors (Lipinski definition) is 1. The summed E-state index contributed by atoms with van der Waals surface area (Å²) in [6.45, 7) is 3.09. The van der Waals surface area contributed by atoms with Gasteiger partial charge in [-0.1, -0.05) is 6.92 Å². The number of nitrogens with one attached hydrogen (secondary N) is 1. The van der Waals surface area contributed by atoms with E-state index >= 15 is 0 Å². The Labute approximate surface area is 112 Å². The fraction of sp³-hybridized carbons (Fsp3) is 0.462. The van der Waals surface area contributed by atoms with Gasteiger partial charge in [0.1, 0.15) is 5.76 Å². The molecule has 5 heteroatoms. The summed E-state index contributed by atoms with van der Waals surface area (Å²) in [6, 6.07) is 3.84. The van der Waals surface area contributed by atoms with Crippen LogP contribution in [0.25, 0.3) is 0 Å². The average molecular weight is 268 g/mol. The minimum Gasteiger partial charge on any atom is -0.448 e. The molecule has 0 bridgehead atoms. The largest absolute Gasteiger partial charge is 0.448 e. The molecular formula is C13H18ClN3O. The Morgan fingerprint density at radius 2 is 2.33 bits per heavy atom. The van der Waals surface area contributed by atoms with Gasteiger partial charge >= 0.3 is 0 Å². The molecule has 98 valence electrons. The van der Waals surface area contributed by atoms with Crippen molar-refractivity contribution in [3.05, 3.63) is 41.1 Å². The van der Waals surface area contributed by atoms with Crippen LogP contribution < -0.4 is 5.32 Å². The van der Waals surface area contributed by atoms with E-state index in [4.69, 9.17) is 16.0 Å². The number of rotatable bonds is 6. The van der Waals surface area contributed by atoms with Crippen LogP contribution in [0.1, 0.15) is 30.7 Å². The zero-order valence-corrected chi connectivity index (χ0v) is 11.4. The fourth-order valence-electron chi connectivity index (χ4n) is 1.92. The number of hydrogen-bond acceptors (Lipinski definition) is 3. The first-order valence-electron chi connectivity index (χ1n) is 6.15. The predicted octanol–water partition coefficient (Wildman–Crippen LogP) is 2.95. The van der Waals surface area contributed by atoms with E-state index in [0.717, 1.165) is 25.1 Å². The highest BCUT2D eigenvalue weighted by Crippen LogP contribution is 2.23. The molecule has 1 atom stereocenters. The minimum absolute atomic E-state index is 0.140. The maximum absolute atomic E-state index is 5.83. The third kappa shape index (κ3) is 3.37. The summed E-state index contributed by atoms with van der Waals surface area (Å²) in [6.07, 6.45) is 5.83. The second kappa shape index (κ2) is 6.07. The van der Waals surface area contributed by atoms with Crippen LogP contribution in [0.5, 0.6) is 0 Å². The molecule has 0 aliphatic carbocycles. The van der Waals surface area contributed by atoms with Gasteiger partial charge in [0.25, 0.3) is 0 Å². The molecule has 2 aromatic rings. The Balaban J connectivity index is 2.09. The molecule has 18 heavy (non-hydrogen) atoms. The lowest BCUT2D eigenvalue weighted by atomic mass is 10.1. The summed E-state index contributed by atoms with van der Waals surface area (Å²) in [5, 5.41) is 8.08. The third-order valence-electron chi connectivity index (χ3n) is 2.78. The highest BCUT2D eigenvalue weighted by molar-refractivity contribution is 6.28. The summed E-state index contributed by atoms with van der Waals surface area (Å²) >= 11 is 5.83. The van der Waals surface area contributed by atoms with E-state index in [1.807, 2.05) is 25.5 Å². The van der Waals surface area contributed by atoms with Crippen molar-refractivity contribution in [2.45, 2.75) is 25.8 Å². The molecule has 1 unspecified atom stereocenters. The summed E-state index contributed by atoms with van der Waals surface area (Å²) < 4.78 is 7.30. The van der Waals surface area contributed by atoms with E-state index in [1.165, 1.54) is 5.56 Å². The predicted molar refractivity (Wildman–Crippen MR) is 71.7 cm³/mol. The number of aryl methyl sites for hydroxylation is 1. The van der Waals surface area contributed by atoms with Crippen LogP contribution in [-0.4, -0.2) is 16.3 Å². The van der Waals surface area contributed by atoms with Crippen LogP contribution in [0.2, 0.25) is 5.22 Å². The van der Waals surface area contributed by atoms with Crippen LogP contribution in [-0.2, 0) is 13.5 Å². The maximum atomic E-state index is 5.83. The van der Waals surface area contributed by atoms with Gasteiger partial charge in [-0.3, -0.25) is 4.68 Å². The zero-order valence-electron chi connectivity index (χ0n) is 10.7.